The molecule has 0 aliphatic rings. The number of benzene rings is 6. The standard InChI is InChI=1S/C22H20ClN3.C15H15BrClN.C7H6N2/c1-16(18-7-3-2-4-8-18)24-14-17-11-12-19(23)22(13-17)26-15-25-20-9-5-6-10-21(20)26;1-11(13-5-3-2-4-6-13)18-10-12-7-8-15(17)14(16)9-12;1-2-4-7-6(3-1)8-5-9-7/h2-13,15-16,24H,14H2,1H3;2-9,11,18H,10H2,1H3;1-5H,(H,8,9)/t16-;11-;/m11./s1. The van der Waals surface area contributed by atoms with E-state index in [-0.39, 0.29) is 6.04 Å². The lowest BCUT2D eigenvalue weighted by Crippen LogP contribution is -2.18. The molecule has 9 heteroatoms. The highest BCUT2D eigenvalue weighted by atomic mass is 79.9. The van der Waals surface area contributed by atoms with E-state index in [0.717, 1.165) is 50.3 Å². The van der Waals surface area contributed by atoms with Crippen molar-refractivity contribution in [2.75, 3.05) is 0 Å². The molecule has 8 aromatic rings. The highest BCUT2D eigenvalue weighted by molar-refractivity contribution is 9.10. The first-order valence-corrected chi connectivity index (χ1v) is 19.0. The second-order valence-corrected chi connectivity index (χ2v) is 14.3. The molecular weight excluding hydrogens is 763 g/mol. The number of halogens is 3. The van der Waals surface area contributed by atoms with Gasteiger partial charge in [0, 0.05) is 29.6 Å². The minimum atomic E-state index is 0.282. The van der Waals surface area contributed by atoms with E-state index in [1.165, 1.54) is 22.3 Å². The van der Waals surface area contributed by atoms with Crippen LogP contribution in [0.2, 0.25) is 10.0 Å². The summed E-state index contributed by atoms with van der Waals surface area (Å²) in [6.45, 7) is 5.94. The van der Waals surface area contributed by atoms with Crippen LogP contribution in [0.3, 0.4) is 0 Å². The van der Waals surface area contributed by atoms with E-state index in [2.05, 4.69) is 122 Å². The van der Waals surface area contributed by atoms with Crippen molar-refractivity contribution in [3.63, 3.8) is 0 Å². The number of nitrogens with one attached hydrogen (secondary N) is 3. The van der Waals surface area contributed by atoms with E-state index < -0.39 is 0 Å². The molecular formula is C44H41BrCl2N6. The predicted molar refractivity (Wildman–Crippen MR) is 225 cm³/mol. The molecule has 0 saturated carbocycles. The zero-order valence-electron chi connectivity index (χ0n) is 29.6. The number of hydrogen-bond donors (Lipinski definition) is 3. The molecule has 0 unspecified atom stereocenters. The third kappa shape index (κ3) is 10.4. The lowest BCUT2D eigenvalue weighted by atomic mass is 10.1. The molecule has 0 spiro atoms. The molecule has 0 bridgehead atoms. The van der Waals surface area contributed by atoms with Gasteiger partial charge in [-0.05, 0) is 101 Å². The van der Waals surface area contributed by atoms with Gasteiger partial charge in [-0.25, -0.2) is 9.97 Å². The average Bonchev–Trinajstić information content (AvgIpc) is 3.87. The lowest BCUT2D eigenvalue weighted by Gasteiger charge is -2.15. The number of rotatable bonds is 9. The molecule has 0 aliphatic carbocycles. The van der Waals surface area contributed by atoms with Gasteiger partial charge in [0.05, 0.1) is 44.1 Å². The number of fused-ring (bicyclic) bond motifs is 2. The van der Waals surface area contributed by atoms with Crippen molar-refractivity contribution in [1.82, 2.24) is 30.2 Å². The average molecular weight is 805 g/mol. The largest absolute Gasteiger partial charge is 0.345 e. The van der Waals surface area contributed by atoms with E-state index in [0.29, 0.717) is 11.1 Å². The summed E-state index contributed by atoms with van der Waals surface area (Å²) in [5.74, 6) is 0. The number of para-hydroxylation sites is 4. The fraction of sp³-hybridized carbons (Fsp3) is 0.136. The Hall–Kier alpha value is -4.76. The molecule has 2 aromatic heterocycles. The molecule has 6 nitrogen and oxygen atoms in total. The third-order valence-corrected chi connectivity index (χ3v) is 10.4. The lowest BCUT2D eigenvalue weighted by molar-refractivity contribution is 0.574. The van der Waals surface area contributed by atoms with Crippen molar-refractivity contribution < 1.29 is 0 Å². The first-order valence-electron chi connectivity index (χ1n) is 17.5. The molecule has 268 valence electrons. The van der Waals surface area contributed by atoms with Gasteiger partial charge in [-0.2, -0.15) is 0 Å². The third-order valence-electron chi connectivity index (χ3n) is 8.86. The number of hydrogen-bond acceptors (Lipinski definition) is 4. The van der Waals surface area contributed by atoms with Gasteiger partial charge in [-0.1, -0.05) is 120 Å². The van der Waals surface area contributed by atoms with Crippen molar-refractivity contribution in [2.45, 2.75) is 39.0 Å². The molecule has 6 aromatic carbocycles. The number of imidazole rings is 2. The molecule has 0 saturated heterocycles. The van der Waals surface area contributed by atoms with Crippen LogP contribution in [0, 0.1) is 0 Å². The SMILES string of the molecule is C[C@@H](NCc1ccc(Cl)c(-n2cnc3ccccc32)c1)c1ccccc1.C[C@@H](NCc1ccc(Cl)c(Br)c1)c1ccccc1.c1ccc2[nH]cnc2c1. The molecule has 2 atom stereocenters. The number of nitrogens with zero attached hydrogens (tertiary/aromatic N) is 3. The maximum Gasteiger partial charge on any atom is 0.100 e. The molecule has 8 rings (SSSR count). The topological polar surface area (TPSA) is 70.6 Å². The van der Waals surface area contributed by atoms with Crippen LogP contribution in [0.15, 0.2) is 163 Å². The molecule has 0 aliphatic heterocycles. The number of aromatic amines is 1. The van der Waals surface area contributed by atoms with Gasteiger partial charge in [0.1, 0.15) is 6.33 Å². The fourth-order valence-electron chi connectivity index (χ4n) is 5.79. The van der Waals surface area contributed by atoms with Gasteiger partial charge < -0.3 is 15.6 Å². The second kappa shape index (κ2) is 18.8. The number of aromatic nitrogens is 4. The highest BCUT2D eigenvalue weighted by Gasteiger charge is 2.10. The van der Waals surface area contributed by atoms with Crippen LogP contribution in [0.1, 0.15) is 48.2 Å². The summed E-state index contributed by atoms with van der Waals surface area (Å²) in [5, 5.41) is 8.54. The van der Waals surface area contributed by atoms with Gasteiger partial charge in [-0.3, -0.25) is 4.57 Å². The maximum atomic E-state index is 6.48. The summed E-state index contributed by atoms with van der Waals surface area (Å²) in [6.07, 6.45) is 3.53. The Bertz CT molecular complexity index is 2310. The molecule has 0 radical (unpaired) electrons. The van der Waals surface area contributed by atoms with Crippen LogP contribution in [0.25, 0.3) is 27.8 Å². The Labute approximate surface area is 329 Å². The summed E-state index contributed by atoms with van der Waals surface area (Å²) in [4.78, 5) is 11.5. The Morgan fingerprint density at radius 1 is 0.623 bits per heavy atom. The summed E-state index contributed by atoms with van der Waals surface area (Å²) >= 11 is 15.9. The van der Waals surface area contributed by atoms with Crippen LogP contribution < -0.4 is 10.6 Å². The van der Waals surface area contributed by atoms with E-state index >= 15 is 0 Å². The van der Waals surface area contributed by atoms with Gasteiger partial charge in [0.15, 0.2) is 0 Å². The van der Waals surface area contributed by atoms with E-state index in [9.17, 15) is 0 Å². The van der Waals surface area contributed by atoms with Gasteiger partial charge in [0.2, 0.25) is 0 Å². The van der Waals surface area contributed by atoms with Crippen molar-refractivity contribution in [1.29, 1.82) is 0 Å². The van der Waals surface area contributed by atoms with Crippen molar-refractivity contribution in [3.8, 4) is 5.69 Å². The van der Waals surface area contributed by atoms with Crippen LogP contribution in [0.5, 0.6) is 0 Å². The summed E-state index contributed by atoms with van der Waals surface area (Å²) in [6, 6.07) is 49.7. The minimum Gasteiger partial charge on any atom is -0.345 e. The smallest absolute Gasteiger partial charge is 0.100 e. The molecule has 3 N–H and O–H groups in total. The molecule has 2 heterocycles. The van der Waals surface area contributed by atoms with E-state index in [1.54, 1.807) is 6.33 Å². The highest BCUT2D eigenvalue weighted by Crippen LogP contribution is 2.27. The van der Waals surface area contributed by atoms with Crippen LogP contribution in [0.4, 0.5) is 0 Å². The first-order chi connectivity index (χ1) is 25.9. The van der Waals surface area contributed by atoms with Crippen LogP contribution in [-0.2, 0) is 13.1 Å². The van der Waals surface area contributed by atoms with Crippen molar-refractivity contribution >= 4 is 61.2 Å². The predicted octanol–water partition coefficient (Wildman–Crippen LogP) is 12.0. The number of H-pyrrole nitrogens is 1. The van der Waals surface area contributed by atoms with Gasteiger partial charge in [-0.15, -0.1) is 0 Å². The summed E-state index contributed by atoms with van der Waals surface area (Å²) < 4.78 is 2.98. The minimum absolute atomic E-state index is 0.282. The van der Waals surface area contributed by atoms with Gasteiger partial charge in [0.25, 0.3) is 0 Å². The Morgan fingerprint density at radius 3 is 1.79 bits per heavy atom. The normalized spacial score (nSPS) is 12.0. The van der Waals surface area contributed by atoms with Crippen LogP contribution in [-0.4, -0.2) is 19.5 Å². The first kappa shape index (κ1) is 38.0. The van der Waals surface area contributed by atoms with Gasteiger partial charge >= 0.3 is 0 Å². The van der Waals surface area contributed by atoms with E-state index in [1.807, 2.05) is 89.8 Å². The maximum absolute atomic E-state index is 6.48. The van der Waals surface area contributed by atoms with Crippen molar-refractivity contribution in [3.05, 3.63) is 195 Å². The summed E-state index contributed by atoms with van der Waals surface area (Å²) in [5.41, 5.74) is 10.1. The Balaban J connectivity index is 0.000000153. The molecule has 0 amide bonds. The fourth-order valence-corrected chi connectivity index (χ4v) is 6.55. The summed E-state index contributed by atoms with van der Waals surface area (Å²) in [7, 11) is 0. The Kier molecular flexibility index (Phi) is 13.5. The quantitative estimate of drug-likeness (QED) is 0.136. The zero-order valence-corrected chi connectivity index (χ0v) is 32.7. The second-order valence-electron chi connectivity index (χ2n) is 12.6. The Morgan fingerprint density at radius 2 is 1.17 bits per heavy atom. The molecule has 0 fully saturated rings. The van der Waals surface area contributed by atoms with Crippen LogP contribution >= 0.6 is 39.1 Å². The monoisotopic (exact) mass is 802 g/mol. The van der Waals surface area contributed by atoms with E-state index in [4.69, 9.17) is 23.2 Å². The van der Waals surface area contributed by atoms with Crippen molar-refractivity contribution in [2.24, 2.45) is 0 Å². The molecule has 53 heavy (non-hydrogen) atoms. The zero-order chi connectivity index (χ0) is 37.0.